The molecule has 1 fully saturated rings. The Morgan fingerprint density at radius 2 is 2.25 bits per heavy atom. The molecule has 92 valence electrons. The molecule has 0 spiro atoms. The summed E-state index contributed by atoms with van der Waals surface area (Å²) in [5, 5.41) is 3.22. The Bertz CT molecular complexity index is 268. The largest absolute Gasteiger partial charge is 0.469 e. The number of carbonyl (C=O) groups is 2. The fourth-order valence-corrected chi connectivity index (χ4v) is 1.96. The van der Waals surface area contributed by atoms with Crippen LogP contribution in [0.2, 0.25) is 0 Å². The molecule has 0 bridgehead atoms. The average Bonchev–Trinajstić information content (AvgIpc) is 2.52. The summed E-state index contributed by atoms with van der Waals surface area (Å²) < 4.78 is 4.56. The second kappa shape index (κ2) is 5.84. The van der Waals surface area contributed by atoms with Crippen LogP contribution < -0.4 is 5.32 Å². The molecular weight excluding hydrogens is 208 g/mol. The van der Waals surface area contributed by atoms with Gasteiger partial charge in [0, 0.05) is 6.54 Å². The fourth-order valence-electron chi connectivity index (χ4n) is 1.96. The summed E-state index contributed by atoms with van der Waals surface area (Å²) >= 11 is 0. The molecule has 5 heteroatoms. The minimum Gasteiger partial charge on any atom is -0.469 e. The first-order valence-corrected chi connectivity index (χ1v) is 5.73. The third-order valence-corrected chi connectivity index (χ3v) is 2.85. The third-order valence-electron chi connectivity index (χ3n) is 2.85. The lowest BCUT2D eigenvalue weighted by Gasteiger charge is -2.19. The summed E-state index contributed by atoms with van der Waals surface area (Å²) in [4.78, 5) is 24.6. The topological polar surface area (TPSA) is 58.6 Å². The van der Waals surface area contributed by atoms with E-state index in [4.69, 9.17) is 0 Å². The molecule has 0 aromatic carbocycles. The maximum atomic E-state index is 11.9. The van der Waals surface area contributed by atoms with Crippen molar-refractivity contribution < 1.29 is 14.3 Å². The fraction of sp³-hybridized carbons (Fsp3) is 0.818. The van der Waals surface area contributed by atoms with Crippen molar-refractivity contribution in [2.24, 2.45) is 0 Å². The van der Waals surface area contributed by atoms with Crippen LogP contribution >= 0.6 is 0 Å². The van der Waals surface area contributed by atoms with Crippen LogP contribution in [0.1, 0.15) is 33.1 Å². The number of methoxy groups -OCH3 is 1. The molecule has 1 amide bonds. The Balaban J connectivity index is 2.47. The maximum absolute atomic E-state index is 11.9. The molecule has 0 saturated carbocycles. The molecule has 0 aliphatic carbocycles. The molecule has 16 heavy (non-hydrogen) atoms. The molecule has 1 N–H and O–H groups in total. The molecule has 2 unspecified atom stereocenters. The van der Waals surface area contributed by atoms with Crippen LogP contribution in [-0.2, 0) is 14.3 Å². The number of carbonyl (C=O) groups excluding carboxylic acids is 2. The van der Waals surface area contributed by atoms with E-state index in [-0.39, 0.29) is 30.5 Å². The van der Waals surface area contributed by atoms with Gasteiger partial charge in [-0.3, -0.25) is 14.9 Å². The van der Waals surface area contributed by atoms with E-state index in [0.717, 1.165) is 12.8 Å². The van der Waals surface area contributed by atoms with Gasteiger partial charge in [-0.2, -0.15) is 0 Å². The molecule has 1 heterocycles. The second-order valence-electron chi connectivity index (χ2n) is 4.04. The molecule has 0 aromatic rings. The molecule has 1 rings (SSSR count). The number of nitrogens with one attached hydrogen (secondary N) is 1. The number of rotatable bonds is 5. The van der Waals surface area contributed by atoms with Gasteiger partial charge in [-0.05, 0) is 13.3 Å². The highest BCUT2D eigenvalue weighted by Gasteiger charge is 2.35. The van der Waals surface area contributed by atoms with E-state index in [1.807, 2.05) is 6.92 Å². The van der Waals surface area contributed by atoms with Crippen LogP contribution in [0.3, 0.4) is 0 Å². The van der Waals surface area contributed by atoms with Crippen molar-refractivity contribution in [3.63, 3.8) is 0 Å². The van der Waals surface area contributed by atoms with Gasteiger partial charge in [-0.25, -0.2) is 0 Å². The lowest BCUT2D eigenvalue weighted by molar-refractivity contribution is -0.141. The minimum absolute atomic E-state index is 0.00806. The highest BCUT2D eigenvalue weighted by molar-refractivity contribution is 5.84. The summed E-state index contributed by atoms with van der Waals surface area (Å²) in [7, 11) is 1.36. The Kier molecular flexibility index (Phi) is 4.73. The first kappa shape index (κ1) is 13.0. The molecule has 2 atom stereocenters. The summed E-state index contributed by atoms with van der Waals surface area (Å²) in [6, 6.07) is -0.0855. The monoisotopic (exact) mass is 228 g/mol. The van der Waals surface area contributed by atoms with E-state index in [2.05, 4.69) is 17.0 Å². The van der Waals surface area contributed by atoms with Gasteiger partial charge in [0.1, 0.15) is 0 Å². The van der Waals surface area contributed by atoms with Gasteiger partial charge in [-0.15, -0.1) is 0 Å². The van der Waals surface area contributed by atoms with E-state index in [9.17, 15) is 9.59 Å². The summed E-state index contributed by atoms with van der Waals surface area (Å²) in [6.07, 6.45) is 2.08. The van der Waals surface area contributed by atoms with Crippen molar-refractivity contribution >= 4 is 11.9 Å². The van der Waals surface area contributed by atoms with Crippen LogP contribution in [-0.4, -0.2) is 42.6 Å². The zero-order valence-electron chi connectivity index (χ0n) is 10.2. The smallest absolute Gasteiger partial charge is 0.307 e. The van der Waals surface area contributed by atoms with Crippen molar-refractivity contribution in [2.75, 3.05) is 13.7 Å². The van der Waals surface area contributed by atoms with Gasteiger partial charge < -0.3 is 9.64 Å². The summed E-state index contributed by atoms with van der Waals surface area (Å²) in [5.74, 6) is -0.183. The lowest BCUT2D eigenvalue weighted by Crippen LogP contribution is -2.36. The van der Waals surface area contributed by atoms with Crippen molar-refractivity contribution in [1.82, 2.24) is 10.2 Å². The normalized spacial score (nSPS) is 24.9. The van der Waals surface area contributed by atoms with E-state index < -0.39 is 0 Å². The molecule has 5 nitrogen and oxygen atoms in total. The van der Waals surface area contributed by atoms with Gasteiger partial charge in [0.15, 0.2) is 0 Å². The van der Waals surface area contributed by atoms with Crippen molar-refractivity contribution in [2.45, 2.75) is 45.3 Å². The van der Waals surface area contributed by atoms with Crippen LogP contribution in [0, 0.1) is 0 Å². The predicted molar refractivity (Wildman–Crippen MR) is 59.6 cm³/mol. The zero-order chi connectivity index (χ0) is 12.1. The molecular formula is C11H20N2O3. The molecule has 1 aliphatic rings. The lowest BCUT2D eigenvalue weighted by atomic mass is 10.2. The Labute approximate surface area is 96.1 Å². The Morgan fingerprint density at radius 1 is 1.56 bits per heavy atom. The van der Waals surface area contributed by atoms with Crippen LogP contribution in [0.4, 0.5) is 0 Å². The zero-order valence-corrected chi connectivity index (χ0v) is 10.2. The van der Waals surface area contributed by atoms with Gasteiger partial charge in [-0.1, -0.05) is 13.3 Å². The first-order valence-electron chi connectivity index (χ1n) is 5.73. The number of amides is 1. The van der Waals surface area contributed by atoms with Crippen LogP contribution in [0.25, 0.3) is 0 Å². The molecule has 1 aliphatic heterocycles. The van der Waals surface area contributed by atoms with Gasteiger partial charge in [0.05, 0.1) is 25.7 Å². The highest BCUT2D eigenvalue weighted by atomic mass is 16.5. The van der Waals surface area contributed by atoms with Crippen molar-refractivity contribution in [1.29, 1.82) is 0 Å². The number of ether oxygens (including phenoxy) is 1. The van der Waals surface area contributed by atoms with E-state index in [0.29, 0.717) is 6.54 Å². The standard InChI is InChI=1S/C11H20N2O3/c1-4-5-9-11(15)13(8(2)12-9)7-6-10(14)16-3/h8-9,12H,4-7H2,1-3H3. The van der Waals surface area contributed by atoms with Crippen molar-refractivity contribution in [3.05, 3.63) is 0 Å². The Morgan fingerprint density at radius 3 is 2.81 bits per heavy atom. The van der Waals surface area contributed by atoms with Crippen LogP contribution in [0.5, 0.6) is 0 Å². The third kappa shape index (κ3) is 2.95. The van der Waals surface area contributed by atoms with Gasteiger partial charge in [0.25, 0.3) is 0 Å². The van der Waals surface area contributed by atoms with E-state index >= 15 is 0 Å². The maximum Gasteiger partial charge on any atom is 0.307 e. The Hall–Kier alpha value is -1.10. The van der Waals surface area contributed by atoms with Gasteiger partial charge in [0.2, 0.25) is 5.91 Å². The average molecular weight is 228 g/mol. The number of hydrogen-bond acceptors (Lipinski definition) is 4. The number of hydrogen-bond donors (Lipinski definition) is 1. The SMILES string of the molecule is CCCC1NC(C)N(CCC(=O)OC)C1=O. The highest BCUT2D eigenvalue weighted by Crippen LogP contribution is 2.14. The molecule has 0 aromatic heterocycles. The second-order valence-corrected chi connectivity index (χ2v) is 4.04. The van der Waals surface area contributed by atoms with E-state index in [1.165, 1.54) is 7.11 Å². The molecule has 0 radical (unpaired) electrons. The quantitative estimate of drug-likeness (QED) is 0.696. The van der Waals surface area contributed by atoms with Crippen molar-refractivity contribution in [3.8, 4) is 0 Å². The van der Waals surface area contributed by atoms with Gasteiger partial charge >= 0.3 is 5.97 Å². The van der Waals surface area contributed by atoms with Crippen LogP contribution in [0.15, 0.2) is 0 Å². The predicted octanol–water partition coefficient (Wildman–Crippen LogP) is 0.496. The van der Waals surface area contributed by atoms with E-state index in [1.54, 1.807) is 4.90 Å². The minimum atomic E-state index is -0.279. The first-order chi connectivity index (χ1) is 7.60. The molecule has 1 saturated heterocycles. The number of esters is 1. The number of nitrogens with zero attached hydrogens (tertiary/aromatic N) is 1. The summed E-state index contributed by atoms with van der Waals surface area (Å²) in [5.41, 5.74) is 0. The summed E-state index contributed by atoms with van der Waals surface area (Å²) in [6.45, 7) is 4.42.